The van der Waals surface area contributed by atoms with Gasteiger partial charge in [0.1, 0.15) is 44.1 Å². The minimum Gasteiger partial charge on any atom is -0.187 e. The van der Waals surface area contributed by atoms with E-state index in [9.17, 15) is 0 Å². The molecule has 0 radical (unpaired) electrons. The van der Waals surface area contributed by atoms with E-state index in [2.05, 4.69) is 103 Å². The van der Waals surface area contributed by atoms with Crippen molar-refractivity contribution in [3.63, 3.8) is 0 Å². The zero-order valence-corrected chi connectivity index (χ0v) is 27.4. The lowest BCUT2D eigenvalue weighted by atomic mass is 9.99. The van der Waals surface area contributed by atoms with Crippen LogP contribution in [0.3, 0.4) is 0 Å². The lowest BCUT2D eigenvalue weighted by Crippen LogP contribution is -2.13. The van der Waals surface area contributed by atoms with Gasteiger partial charge in [-0.3, -0.25) is 0 Å². The number of hydrogen-bond donors (Lipinski definition) is 0. The molecule has 0 bridgehead atoms. The third-order valence-electron chi connectivity index (χ3n) is 8.46. The predicted molar refractivity (Wildman–Crippen MR) is 185 cm³/mol. The van der Waals surface area contributed by atoms with Crippen LogP contribution in [0.15, 0.2) is 48.5 Å². The van der Waals surface area contributed by atoms with Crippen molar-refractivity contribution in [2.24, 2.45) is 14.1 Å². The molecule has 4 aromatic carbocycles. The van der Waals surface area contributed by atoms with Crippen LogP contribution in [0.1, 0.15) is 51.9 Å². The predicted octanol–water partition coefficient (Wildman–Crippen LogP) is 6.01. The van der Waals surface area contributed by atoms with Gasteiger partial charge in [0.25, 0.3) is 0 Å². The van der Waals surface area contributed by atoms with E-state index in [1.165, 1.54) is 0 Å². The molecule has 0 aliphatic rings. The van der Waals surface area contributed by atoms with Gasteiger partial charge in [0.2, 0.25) is 0 Å². The maximum Gasteiger partial charge on any atom is 0.172 e. The van der Waals surface area contributed by atoms with E-state index in [-0.39, 0.29) is 7.43 Å². The summed E-state index contributed by atoms with van der Waals surface area (Å²) >= 11 is 0. The Bertz CT molecular complexity index is 2170. The first-order valence-electron chi connectivity index (χ1n) is 15.3. The average molecular weight is 629 g/mol. The summed E-state index contributed by atoms with van der Waals surface area (Å²) in [4.78, 5) is 6.59. The van der Waals surface area contributed by atoms with Crippen molar-refractivity contribution in [3.05, 3.63) is 93.0 Å². The average Bonchev–Trinajstić information content (AvgIpc) is 3.82. The standard InChI is InChI=1S/2C17H18N6.CH4/c1-10-5-7-12(16-14(10)18-22(3)20-16)9-13-8-6-11(2)15-17(13)21-23(4)19-15;1-10-5-6-11(2)15-14(10)18-22(19-15)9-23-20-16-12(3)7-8-13(4)17(16)21-23;/h2*5-8H,9H2,1-4H3;1H4. The fourth-order valence-corrected chi connectivity index (χ4v) is 5.85. The number of rotatable bonds is 4. The van der Waals surface area contributed by atoms with Crippen LogP contribution in [0, 0.1) is 41.5 Å². The molecule has 0 saturated carbocycles. The Morgan fingerprint density at radius 2 is 0.638 bits per heavy atom. The van der Waals surface area contributed by atoms with E-state index >= 15 is 0 Å². The molecular weight excluding hydrogens is 588 g/mol. The Kier molecular flexibility index (Phi) is 8.04. The number of aromatic nitrogens is 12. The Labute approximate surface area is 273 Å². The van der Waals surface area contributed by atoms with Gasteiger partial charge in [0.05, 0.1) is 0 Å². The van der Waals surface area contributed by atoms with E-state index in [1.54, 1.807) is 19.2 Å². The van der Waals surface area contributed by atoms with Crippen LogP contribution in [0.25, 0.3) is 44.1 Å². The SMILES string of the molecule is C.Cc1ccc(C)c2nn(Cn3nc4c(C)ccc(C)c4n3)nc12.Cc1ccc(Cc2ccc(C)c3nn(C)nc23)c2nn(C)nc12. The van der Waals surface area contributed by atoms with Crippen molar-refractivity contribution in [1.82, 2.24) is 60.0 Å². The Hall–Kier alpha value is -5.52. The van der Waals surface area contributed by atoms with Gasteiger partial charge in [0.15, 0.2) is 6.67 Å². The van der Waals surface area contributed by atoms with Gasteiger partial charge in [-0.2, -0.15) is 60.0 Å². The van der Waals surface area contributed by atoms with E-state index in [0.717, 1.165) is 95.1 Å². The zero-order chi connectivity index (χ0) is 32.3. The van der Waals surface area contributed by atoms with E-state index in [4.69, 9.17) is 0 Å². The van der Waals surface area contributed by atoms with E-state index in [0.29, 0.717) is 6.67 Å². The summed E-state index contributed by atoms with van der Waals surface area (Å²) in [5.41, 5.74) is 16.7. The van der Waals surface area contributed by atoms with Crippen molar-refractivity contribution >= 4 is 44.1 Å². The minimum atomic E-state index is 0. The molecule has 0 aliphatic carbocycles. The Balaban J connectivity index is 0.000000161. The molecule has 0 aliphatic heterocycles. The molecule has 0 spiro atoms. The summed E-state index contributed by atoms with van der Waals surface area (Å²) in [6.07, 6.45) is 0.769. The van der Waals surface area contributed by atoms with Crippen LogP contribution < -0.4 is 0 Å². The second-order valence-electron chi connectivity index (χ2n) is 12.1. The monoisotopic (exact) mass is 628 g/mol. The largest absolute Gasteiger partial charge is 0.187 e. The van der Waals surface area contributed by atoms with Crippen molar-refractivity contribution < 1.29 is 0 Å². The smallest absolute Gasteiger partial charge is 0.172 e. The van der Waals surface area contributed by atoms with Gasteiger partial charge in [0, 0.05) is 20.5 Å². The Morgan fingerprint density at radius 1 is 0.383 bits per heavy atom. The maximum atomic E-state index is 4.59. The summed E-state index contributed by atoms with van der Waals surface area (Å²) in [7, 11) is 3.71. The molecule has 12 nitrogen and oxygen atoms in total. The third kappa shape index (κ3) is 5.71. The van der Waals surface area contributed by atoms with Gasteiger partial charge in [-0.25, -0.2) is 0 Å². The Morgan fingerprint density at radius 3 is 0.957 bits per heavy atom. The molecule has 0 saturated heterocycles. The van der Waals surface area contributed by atoms with Crippen molar-refractivity contribution in [2.75, 3.05) is 0 Å². The molecule has 4 aromatic heterocycles. The molecule has 0 N–H and O–H groups in total. The number of benzene rings is 4. The highest BCUT2D eigenvalue weighted by atomic mass is 15.6. The van der Waals surface area contributed by atoms with Gasteiger partial charge >= 0.3 is 0 Å². The van der Waals surface area contributed by atoms with Gasteiger partial charge in [-0.15, -0.1) is 0 Å². The van der Waals surface area contributed by atoms with Crippen LogP contribution in [0.4, 0.5) is 0 Å². The summed E-state index contributed by atoms with van der Waals surface area (Å²) in [6, 6.07) is 16.8. The topological polar surface area (TPSA) is 123 Å². The molecule has 8 rings (SSSR count). The molecule has 0 atom stereocenters. The van der Waals surface area contributed by atoms with Crippen LogP contribution in [-0.2, 0) is 27.2 Å². The maximum absolute atomic E-state index is 4.59. The normalized spacial score (nSPS) is 11.4. The second-order valence-corrected chi connectivity index (χ2v) is 12.1. The first kappa shape index (κ1) is 31.5. The number of hydrogen-bond acceptors (Lipinski definition) is 8. The van der Waals surface area contributed by atoms with Crippen molar-refractivity contribution in [3.8, 4) is 0 Å². The number of aryl methyl sites for hydroxylation is 8. The number of fused-ring (bicyclic) bond motifs is 4. The molecule has 8 aromatic rings. The summed E-state index contributed by atoms with van der Waals surface area (Å²) in [6.45, 7) is 12.7. The fourth-order valence-electron chi connectivity index (χ4n) is 5.85. The molecule has 0 fully saturated rings. The molecule has 0 amide bonds. The quantitative estimate of drug-likeness (QED) is 0.232. The van der Waals surface area contributed by atoms with Crippen molar-refractivity contribution in [2.45, 2.75) is 62.1 Å². The van der Waals surface area contributed by atoms with Crippen LogP contribution in [0.5, 0.6) is 0 Å². The van der Waals surface area contributed by atoms with Gasteiger partial charge < -0.3 is 0 Å². The second kappa shape index (κ2) is 12.0. The summed E-state index contributed by atoms with van der Waals surface area (Å²) in [5.74, 6) is 0. The molecule has 47 heavy (non-hydrogen) atoms. The highest BCUT2D eigenvalue weighted by molar-refractivity contribution is 5.85. The molecule has 240 valence electrons. The fraction of sp³-hybridized carbons (Fsp3) is 0.314. The minimum absolute atomic E-state index is 0. The summed E-state index contributed by atoms with van der Waals surface area (Å²) < 4.78 is 0. The molecule has 0 unspecified atom stereocenters. The lowest BCUT2D eigenvalue weighted by Gasteiger charge is -2.05. The first-order valence-corrected chi connectivity index (χ1v) is 15.3. The molecule has 12 heteroatoms. The highest BCUT2D eigenvalue weighted by Crippen LogP contribution is 2.26. The molecule has 4 heterocycles. The summed E-state index contributed by atoms with van der Waals surface area (Å²) in [5, 5.41) is 36.4. The zero-order valence-electron chi connectivity index (χ0n) is 27.4. The molecular formula is C35H40N12. The van der Waals surface area contributed by atoms with E-state index < -0.39 is 0 Å². The van der Waals surface area contributed by atoms with Crippen LogP contribution in [-0.4, -0.2) is 60.0 Å². The highest BCUT2D eigenvalue weighted by Gasteiger charge is 2.15. The first-order chi connectivity index (χ1) is 22.0. The van der Waals surface area contributed by atoms with Crippen LogP contribution in [0.2, 0.25) is 0 Å². The lowest BCUT2D eigenvalue weighted by molar-refractivity contribution is 0.420. The van der Waals surface area contributed by atoms with Gasteiger partial charge in [-0.05, 0) is 86.1 Å². The number of nitrogens with zero attached hydrogens (tertiary/aromatic N) is 12. The van der Waals surface area contributed by atoms with E-state index in [1.807, 2.05) is 41.8 Å². The van der Waals surface area contributed by atoms with Crippen LogP contribution >= 0.6 is 0 Å². The third-order valence-corrected chi connectivity index (χ3v) is 8.46. The van der Waals surface area contributed by atoms with Crippen molar-refractivity contribution in [1.29, 1.82) is 0 Å². The van der Waals surface area contributed by atoms with Gasteiger partial charge in [-0.1, -0.05) is 56.0 Å².